The number of benzene rings is 2. The Balaban J connectivity index is 1.86. The van der Waals surface area contributed by atoms with Crippen molar-refractivity contribution >= 4 is 27.3 Å². The van der Waals surface area contributed by atoms with E-state index in [-0.39, 0.29) is 16.7 Å². The zero-order valence-electron chi connectivity index (χ0n) is 10.7. The molecule has 0 aromatic heterocycles. The zero-order chi connectivity index (χ0) is 14.1. The number of fused-ring (bicyclic) bond motifs is 1. The molecule has 0 amide bonds. The van der Waals surface area contributed by atoms with Crippen molar-refractivity contribution in [3.63, 3.8) is 0 Å². The van der Waals surface area contributed by atoms with Crippen molar-refractivity contribution in [2.45, 2.75) is 18.9 Å². The first-order valence-electron chi connectivity index (χ1n) is 6.43. The third-order valence-corrected chi connectivity index (χ3v) is 4.29. The van der Waals surface area contributed by atoms with Crippen molar-refractivity contribution in [1.82, 2.24) is 0 Å². The van der Waals surface area contributed by atoms with Gasteiger partial charge in [0.1, 0.15) is 0 Å². The lowest BCUT2D eigenvalue weighted by molar-refractivity contribution is -0.385. The second-order valence-corrected chi connectivity index (χ2v) is 5.71. The summed E-state index contributed by atoms with van der Waals surface area (Å²) in [6.07, 6.45) is 2.07. The van der Waals surface area contributed by atoms with Gasteiger partial charge in [-0.25, -0.2) is 0 Å². The van der Waals surface area contributed by atoms with Crippen LogP contribution in [0.2, 0.25) is 0 Å². The monoisotopic (exact) mass is 332 g/mol. The third-order valence-electron chi connectivity index (χ3n) is 3.62. The molecular formula is C15H13BrN2O2. The fraction of sp³-hybridized carbons (Fsp3) is 0.200. The Labute approximate surface area is 125 Å². The first-order valence-corrected chi connectivity index (χ1v) is 7.23. The minimum absolute atomic E-state index is 0.0845. The van der Waals surface area contributed by atoms with Gasteiger partial charge in [-0.15, -0.1) is 0 Å². The van der Waals surface area contributed by atoms with E-state index in [1.54, 1.807) is 12.1 Å². The molecule has 1 aliphatic carbocycles. The van der Waals surface area contributed by atoms with E-state index >= 15 is 0 Å². The number of nitrogens with zero attached hydrogens (tertiary/aromatic N) is 1. The molecule has 20 heavy (non-hydrogen) atoms. The minimum Gasteiger partial charge on any atom is -0.378 e. The molecule has 3 rings (SSSR count). The summed E-state index contributed by atoms with van der Waals surface area (Å²) in [6, 6.07) is 13.7. The van der Waals surface area contributed by atoms with Gasteiger partial charge in [-0.2, -0.15) is 0 Å². The number of nitro groups is 1. The fourth-order valence-corrected chi connectivity index (χ4v) is 3.04. The van der Waals surface area contributed by atoms with Gasteiger partial charge in [0.25, 0.3) is 5.69 Å². The van der Waals surface area contributed by atoms with E-state index in [1.165, 1.54) is 11.1 Å². The van der Waals surface area contributed by atoms with Crippen LogP contribution in [0.3, 0.4) is 0 Å². The van der Waals surface area contributed by atoms with E-state index < -0.39 is 0 Å². The number of anilines is 1. The molecule has 4 nitrogen and oxygen atoms in total. The molecule has 0 saturated heterocycles. The quantitative estimate of drug-likeness (QED) is 0.667. The van der Waals surface area contributed by atoms with Crippen molar-refractivity contribution in [2.24, 2.45) is 0 Å². The third kappa shape index (κ3) is 2.41. The summed E-state index contributed by atoms with van der Waals surface area (Å²) in [7, 11) is 0. The molecule has 1 unspecified atom stereocenters. The number of hydrogen-bond donors (Lipinski definition) is 1. The number of rotatable bonds is 3. The predicted octanol–water partition coefficient (Wildman–Crippen LogP) is 4.46. The van der Waals surface area contributed by atoms with Gasteiger partial charge >= 0.3 is 0 Å². The summed E-state index contributed by atoms with van der Waals surface area (Å²) in [5.41, 5.74) is 3.51. The van der Waals surface area contributed by atoms with Crippen LogP contribution < -0.4 is 5.32 Å². The van der Waals surface area contributed by atoms with Crippen LogP contribution in [0.25, 0.3) is 0 Å². The molecule has 102 valence electrons. The van der Waals surface area contributed by atoms with E-state index in [1.807, 2.05) is 18.2 Å². The molecule has 0 spiro atoms. The molecule has 0 heterocycles. The number of nitro benzene ring substituents is 1. The van der Waals surface area contributed by atoms with Gasteiger partial charge in [0.05, 0.1) is 15.4 Å². The molecule has 0 saturated carbocycles. The van der Waals surface area contributed by atoms with E-state index in [0.717, 1.165) is 18.5 Å². The van der Waals surface area contributed by atoms with Gasteiger partial charge in [-0.3, -0.25) is 10.1 Å². The molecule has 1 aliphatic rings. The predicted molar refractivity (Wildman–Crippen MR) is 81.9 cm³/mol. The normalized spacial score (nSPS) is 16.8. The molecule has 0 bridgehead atoms. The Morgan fingerprint density at radius 1 is 1.25 bits per heavy atom. The number of hydrogen-bond acceptors (Lipinski definition) is 3. The Hall–Kier alpha value is -1.88. The molecule has 2 aromatic rings. The lowest BCUT2D eigenvalue weighted by Gasteiger charge is -2.15. The number of nitrogens with one attached hydrogen (secondary N) is 1. The minimum atomic E-state index is -0.377. The van der Waals surface area contributed by atoms with Gasteiger partial charge in [0.15, 0.2) is 0 Å². The summed E-state index contributed by atoms with van der Waals surface area (Å²) >= 11 is 3.20. The maximum Gasteiger partial charge on any atom is 0.285 e. The second kappa shape index (κ2) is 5.25. The lowest BCUT2D eigenvalue weighted by Crippen LogP contribution is -2.07. The maximum absolute atomic E-state index is 11.0. The standard InChI is InChI=1S/C15H13BrN2O2/c16-13-7-6-11(9-15(13)18(19)20)17-14-8-5-10-3-1-2-4-12(10)14/h1-4,6-7,9,14,17H,5,8H2. The molecule has 0 radical (unpaired) electrons. The maximum atomic E-state index is 11.0. The van der Waals surface area contributed by atoms with Crippen molar-refractivity contribution < 1.29 is 4.92 Å². The molecule has 5 heteroatoms. The number of halogens is 1. The van der Waals surface area contributed by atoms with E-state index in [2.05, 4.69) is 33.4 Å². The summed E-state index contributed by atoms with van der Waals surface area (Å²) < 4.78 is 0.500. The van der Waals surface area contributed by atoms with Gasteiger partial charge in [0.2, 0.25) is 0 Å². The van der Waals surface area contributed by atoms with Crippen LogP contribution in [0.1, 0.15) is 23.6 Å². The largest absolute Gasteiger partial charge is 0.378 e. The van der Waals surface area contributed by atoms with Crippen LogP contribution >= 0.6 is 15.9 Å². The molecule has 0 aliphatic heterocycles. The molecule has 1 atom stereocenters. The summed E-state index contributed by atoms with van der Waals surface area (Å²) in [4.78, 5) is 10.6. The molecule has 2 aromatic carbocycles. The summed E-state index contributed by atoms with van der Waals surface area (Å²) in [6.45, 7) is 0. The topological polar surface area (TPSA) is 55.2 Å². The highest BCUT2D eigenvalue weighted by Crippen LogP contribution is 2.35. The second-order valence-electron chi connectivity index (χ2n) is 4.86. The van der Waals surface area contributed by atoms with Gasteiger partial charge in [-0.05, 0) is 52.0 Å². The first kappa shape index (κ1) is 13.1. The van der Waals surface area contributed by atoms with E-state index in [0.29, 0.717) is 4.47 Å². The van der Waals surface area contributed by atoms with Gasteiger partial charge in [-0.1, -0.05) is 24.3 Å². The average Bonchev–Trinajstić information content (AvgIpc) is 2.84. The van der Waals surface area contributed by atoms with E-state index in [4.69, 9.17) is 0 Å². The highest BCUT2D eigenvalue weighted by atomic mass is 79.9. The highest BCUT2D eigenvalue weighted by Gasteiger charge is 2.22. The molecular weight excluding hydrogens is 320 g/mol. The molecule has 1 N–H and O–H groups in total. The smallest absolute Gasteiger partial charge is 0.285 e. The zero-order valence-corrected chi connectivity index (χ0v) is 12.3. The van der Waals surface area contributed by atoms with Crippen molar-refractivity contribution in [3.8, 4) is 0 Å². The van der Waals surface area contributed by atoms with Crippen LogP contribution in [0.4, 0.5) is 11.4 Å². The van der Waals surface area contributed by atoms with E-state index in [9.17, 15) is 10.1 Å². The first-order chi connectivity index (χ1) is 9.65. The fourth-order valence-electron chi connectivity index (χ4n) is 2.65. The summed E-state index contributed by atoms with van der Waals surface area (Å²) in [5.74, 6) is 0. The Morgan fingerprint density at radius 3 is 2.85 bits per heavy atom. The summed E-state index contributed by atoms with van der Waals surface area (Å²) in [5, 5.41) is 14.4. The Kier molecular flexibility index (Phi) is 3.44. The van der Waals surface area contributed by atoms with Crippen LogP contribution in [0, 0.1) is 10.1 Å². The Morgan fingerprint density at radius 2 is 2.05 bits per heavy atom. The average molecular weight is 333 g/mol. The van der Waals surface area contributed by atoms with Crippen molar-refractivity contribution in [1.29, 1.82) is 0 Å². The van der Waals surface area contributed by atoms with Crippen LogP contribution in [-0.2, 0) is 6.42 Å². The van der Waals surface area contributed by atoms with Gasteiger partial charge < -0.3 is 5.32 Å². The highest BCUT2D eigenvalue weighted by molar-refractivity contribution is 9.10. The lowest BCUT2D eigenvalue weighted by atomic mass is 10.1. The Bertz CT molecular complexity index is 673. The van der Waals surface area contributed by atoms with Crippen molar-refractivity contribution in [3.05, 3.63) is 68.2 Å². The molecule has 0 fully saturated rings. The van der Waals surface area contributed by atoms with Gasteiger partial charge in [0, 0.05) is 11.8 Å². The van der Waals surface area contributed by atoms with Crippen molar-refractivity contribution in [2.75, 3.05) is 5.32 Å². The SMILES string of the molecule is O=[N+]([O-])c1cc(NC2CCc3ccccc32)ccc1Br. The van der Waals surface area contributed by atoms with Crippen LogP contribution in [0.15, 0.2) is 46.9 Å². The van der Waals surface area contributed by atoms with Crippen LogP contribution in [-0.4, -0.2) is 4.92 Å². The van der Waals surface area contributed by atoms with Crippen LogP contribution in [0.5, 0.6) is 0 Å². The number of aryl methyl sites for hydroxylation is 1.